The number of rotatable bonds is 7. The zero-order chi connectivity index (χ0) is 18.3. The van der Waals surface area contributed by atoms with Crippen molar-refractivity contribution in [2.45, 2.75) is 13.0 Å². The number of hydrogen-bond donors (Lipinski definition) is 1. The number of aromatic amines is 1. The SMILES string of the molecule is c1ccc(COCCc2ccc(-c3ccccc3-c3nn[nH]n3)cc2)cc1. The van der Waals surface area contributed by atoms with E-state index in [4.69, 9.17) is 4.74 Å². The number of tetrazole rings is 1. The van der Waals surface area contributed by atoms with Crippen molar-refractivity contribution in [1.82, 2.24) is 20.6 Å². The highest BCUT2D eigenvalue weighted by atomic mass is 16.5. The minimum Gasteiger partial charge on any atom is -0.376 e. The lowest BCUT2D eigenvalue weighted by Crippen LogP contribution is -1.99. The highest BCUT2D eigenvalue weighted by Gasteiger charge is 2.10. The molecular weight excluding hydrogens is 336 g/mol. The van der Waals surface area contributed by atoms with Gasteiger partial charge in [0.05, 0.1) is 13.2 Å². The monoisotopic (exact) mass is 356 g/mol. The number of nitrogens with one attached hydrogen (secondary N) is 1. The smallest absolute Gasteiger partial charge is 0.205 e. The predicted molar refractivity (Wildman–Crippen MR) is 105 cm³/mol. The fourth-order valence-corrected chi connectivity index (χ4v) is 3.01. The van der Waals surface area contributed by atoms with Gasteiger partial charge >= 0.3 is 0 Å². The summed E-state index contributed by atoms with van der Waals surface area (Å²) in [5, 5.41) is 14.4. The van der Waals surface area contributed by atoms with E-state index in [1.165, 1.54) is 11.1 Å². The van der Waals surface area contributed by atoms with Gasteiger partial charge in [-0.05, 0) is 33.9 Å². The first-order valence-corrected chi connectivity index (χ1v) is 8.94. The number of benzene rings is 3. The quantitative estimate of drug-likeness (QED) is 0.502. The molecule has 0 aliphatic heterocycles. The maximum absolute atomic E-state index is 5.78. The summed E-state index contributed by atoms with van der Waals surface area (Å²) in [5.41, 5.74) is 5.63. The summed E-state index contributed by atoms with van der Waals surface area (Å²) >= 11 is 0. The van der Waals surface area contributed by atoms with Crippen LogP contribution in [0, 0.1) is 0 Å². The Bertz CT molecular complexity index is 967. The summed E-state index contributed by atoms with van der Waals surface area (Å²) in [4.78, 5) is 0. The lowest BCUT2D eigenvalue weighted by molar-refractivity contribution is 0.124. The van der Waals surface area contributed by atoms with Crippen molar-refractivity contribution in [2.24, 2.45) is 0 Å². The van der Waals surface area contributed by atoms with Gasteiger partial charge in [0.15, 0.2) is 0 Å². The second-order valence-electron chi connectivity index (χ2n) is 6.27. The van der Waals surface area contributed by atoms with E-state index in [1.54, 1.807) is 0 Å². The van der Waals surface area contributed by atoms with Crippen molar-refractivity contribution in [3.8, 4) is 22.5 Å². The molecule has 0 saturated heterocycles. The van der Waals surface area contributed by atoms with E-state index in [2.05, 4.69) is 63.1 Å². The van der Waals surface area contributed by atoms with E-state index in [9.17, 15) is 0 Å². The van der Waals surface area contributed by atoms with Crippen molar-refractivity contribution in [2.75, 3.05) is 6.61 Å². The number of ether oxygens (including phenoxy) is 1. The summed E-state index contributed by atoms with van der Waals surface area (Å²) in [7, 11) is 0. The average molecular weight is 356 g/mol. The van der Waals surface area contributed by atoms with Crippen LogP contribution in [0.15, 0.2) is 78.9 Å². The number of H-pyrrole nitrogens is 1. The standard InChI is InChI=1S/C22H20N4O/c1-2-6-18(7-3-1)16-27-15-14-17-10-12-19(13-11-17)20-8-4-5-9-21(20)22-23-25-26-24-22/h1-13H,14-16H2,(H,23,24,25,26). The molecule has 0 unspecified atom stereocenters. The molecule has 0 atom stereocenters. The maximum atomic E-state index is 5.78. The Morgan fingerprint density at radius 2 is 1.48 bits per heavy atom. The van der Waals surface area contributed by atoms with Gasteiger partial charge in [0.2, 0.25) is 5.82 Å². The second-order valence-corrected chi connectivity index (χ2v) is 6.27. The lowest BCUT2D eigenvalue weighted by atomic mass is 9.98. The molecule has 1 N–H and O–H groups in total. The summed E-state index contributed by atoms with van der Waals surface area (Å²) in [6, 6.07) is 26.9. The van der Waals surface area contributed by atoms with Crippen LogP contribution in [0.4, 0.5) is 0 Å². The minimum atomic E-state index is 0.601. The second kappa shape index (κ2) is 8.38. The van der Waals surface area contributed by atoms with E-state index in [-0.39, 0.29) is 0 Å². The zero-order valence-corrected chi connectivity index (χ0v) is 14.9. The van der Waals surface area contributed by atoms with Crippen LogP contribution in [0.3, 0.4) is 0 Å². The minimum absolute atomic E-state index is 0.601. The van der Waals surface area contributed by atoms with E-state index in [1.807, 2.05) is 36.4 Å². The topological polar surface area (TPSA) is 63.7 Å². The van der Waals surface area contributed by atoms with Gasteiger partial charge in [-0.2, -0.15) is 5.21 Å². The van der Waals surface area contributed by atoms with Crippen molar-refractivity contribution in [3.63, 3.8) is 0 Å². The molecule has 4 aromatic rings. The molecule has 4 rings (SSSR count). The van der Waals surface area contributed by atoms with Gasteiger partial charge in [0.1, 0.15) is 0 Å². The van der Waals surface area contributed by atoms with Gasteiger partial charge in [-0.25, -0.2) is 0 Å². The Hall–Kier alpha value is -3.31. The molecule has 5 nitrogen and oxygen atoms in total. The van der Waals surface area contributed by atoms with Gasteiger partial charge in [-0.1, -0.05) is 78.9 Å². The molecular formula is C22H20N4O. The van der Waals surface area contributed by atoms with Crippen molar-refractivity contribution in [1.29, 1.82) is 0 Å². The molecule has 27 heavy (non-hydrogen) atoms. The Balaban J connectivity index is 1.40. The van der Waals surface area contributed by atoms with Crippen LogP contribution < -0.4 is 0 Å². The molecule has 3 aromatic carbocycles. The van der Waals surface area contributed by atoms with Crippen LogP contribution in [0.2, 0.25) is 0 Å². The molecule has 0 spiro atoms. The molecule has 1 aromatic heterocycles. The molecule has 0 radical (unpaired) electrons. The van der Waals surface area contributed by atoms with Gasteiger partial charge < -0.3 is 4.74 Å². The third kappa shape index (κ3) is 4.27. The van der Waals surface area contributed by atoms with Crippen LogP contribution in [0.25, 0.3) is 22.5 Å². The highest BCUT2D eigenvalue weighted by molar-refractivity contribution is 5.80. The Morgan fingerprint density at radius 1 is 0.741 bits per heavy atom. The third-order valence-electron chi connectivity index (χ3n) is 4.42. The Kier molecular flexibility index (Phi) is 5.31. The largest absolute Gasteiger partial charge is 0.376 e. The molecule has 0 aliphatic rings. The fourth-order valence-electron chi connectivity index (χ4n) is 3.01. The van der Waals surface area contributed by atoms with Crippen LogP contribution >= 0.6 is 0 Å². The molecule has 5 heteroatoms. The molecule has 1 heterocycles. The molecule has 0 bridgehead atoms. The molecule has 0 amide bonds. The van der Waals surface area contributed by atoms with Crippen LogP contribution in [-0.4, -0.2) is 27.2 Å². The Labute approximate surface area is 158 Å². The third-order valence-corrected chi connectivity index (χ3v) is 4.42. The van der Waals surface area contributed by atoms with Gasteiger partial charge in [0, 0.05) is 5.56 Å². The molecule has 0 aliphatic carbocycles. The Morgan fingerprint density at radius 3 is 2.22 bits per heavy atom. The fraction of sp³-hybridized carbons (Fsp3) is 0.136. The summed E-state index contributed by atoms with van der Waals surface area (Å²) in [5.74, 6) is 0.601. The van der Waals surface area contributed by atoms with E-state index in [0.717, 1.165) is 23.1 Å². The van der Waals surface area contributed by atoms with Crippen LogP contribution in [0.5, 0.6) is 0 Å². The first kappa shape index (κ1) is 17.1. The number of aromatic nitrogens is 4. The van der Waals surface area contributed by atoms with Crippen molar-refractivity contribution in [3.05, 3.63) is 90.0 Å². The van der Waals surface area contributed by atoms with Gasteiger partial charge in [0.25, 0.3) is 0 Å². The van der Waals surface area contributed by atoms with E-state index >= 15 is 0 Å². The van der Waals surface area contributed by atoms with Crippen molar-refractivity contribution < 1.29 is 4.74 Å². The molecule has 0 fully saturated rings. The molecule has 0 saturated carbocycles. The lowest BCUT2D eigenvalue weighted by Gasteiger charge is -2.08. The van der Waals surface area contributed by atoms with E-state index in [0.29, 0.717) is 19.0 Å². The number of hydrogen-bond acceptors (Lipinski definition) is 4. The van der Waals surface area contributed by atoms with Crippen LogP contribution in [-0.2, 0) is 17.8 Å². The maximum Gasteiger partial charge on any atom is 0.205 e. The van der Waals surface area contributed by atoms with Crippen LogP contribution in [0.1, 0.15) is 11.1 Å². The first-order valence-electron chi connectivity index (χ1n) is 8.94. The summed E-state index contributed by atoms with van der Waals surface area (Å²) in [6.07, 6.45) is 0.888. The first-order chi connectivity index (χ1) is 13.4. The zero-order valence-electron chi connectivity index (χ0n) is 14.9. The van der Waals surface area contributed by atoms with Gasteiger partial charge in [-0.15, -0.1) is 10.2 Å². The normalized spacial score (nSPS) is 10.8. The van der Waals surface area contributed by atoms with Crippen molar-refractivity contribution >= 4 is 0 Å². The van der Waals surface area contributed by atoms with Gasteiger partial charge in [-0.3, -0.25) is 0 Å². The summed E-state index contributed by atoms with van der Waals surface area (Å²) in [6.45, 7) is 1.35. The predicted octanol–water partition coefficient (Wildman–Crippen LogP) is 4.29. The average Bonchev–Trinajstić information content (AvgIpc) is 3.27. The van der Waals surface area contributed by atoms with E-state index < -0.39 is 0 Å². The molecule has 134 valence electrons. The number of nitrogens with zero attached hydrogens (tertiary/aromatic N) is 3. The highest BCUT2D eigenvalue weighted by Crippen LogP contribution is 2.29. The summed E-state index contributed by atoms with van der Waals surface area (Å²) < 4.78 is 5.78.